The van der Waals surface area contributed by atoms with Crippen LogP contribution in [0.3, 0.4) is 0 Å². The molecule has 1 aliphatic rings. The Morgan fingerprint density at radius 2 is 2.10 bits per heavy atom. The smallest absolute Gasteiger partial charge is 0.230 e. The number of halogens is 2. The van der Waals surface area contributed by atoms with Crippen molar-refractivity contribution in [2.24, 2.45) is 0 Å². The number of nitrogens with one attached hydrogen (secondary N) is 1. The molecule has 29 heavy (non-hydrogen) atoms. The van der Waals surface area contributed by atoms with E-state index >= 15 is 0 Å². The van der Waals surface area contributed by atoms with Gasteiger partial charge in [0, 0.05) is 37.0 Å². The van der Waals surface area contributed by atoms with Crippen molar-refractivity contribution in [1.82, 2.24) is 15.1 Å². The van der Waals surface area contributed by atoms with E-state index in [1.807, 2.05) is 11.8 Å². The van der Waals surface area contributed by atoms with Crippen LogP contribution in [0.1, 0.15) is 6.92 Å². The van der Waals surface area contributed by atoms with E-state index in [1.54, 1.807) is 12.3 Å². The Bertz CT molecular complexity index is 1010. The van der Waals surface area contributed by atoms with Crippen molar-refractivity contribution in [1.29, 1.82) is 0 Å². The highest BCUT2D eigenvalue weighted by Gasteiger charge is 2.20. The number of anilines is 3. The van der Waals surface area contributed by atoms with Gasteiger partial charge in [0.2, 0.25) is 11.8 Å². The Balaban J connectivity index is 1.53. The number of benzene rings is 1. The Hall–Kier alpha value is -3.27. The third-order valence-electron chi connectivity index (χ3n) is 4.45. The second-order valence-electron chi connectivity index (χ2n) is 6.54. The summed E-state index contributed by atoms with van der Waals surface area (Å²) in [6.07, 6.45) is 1.72. The molecule has 4 rings (SSSR count). The van der Waals surface area contributed by atoms with E-state index < -0.39 is 11.6 Å². The van der Waals surface area contributed by atoms with Crippen molar-refractivity contribution in [2.45, 2.75) is 13.0 Å². The highest BCUT2D eigenvalue weighted by Crippen LogP contribution is 2.30. The zero-order valence-corrected chi connectivity index (χ0v) is 15.9. The molecule has 1 fully saturated rings. The van der Waals surface area contributed by atoms with Crippen LogP contribution in [0.4, 0.5) is 26.4 Å². The van der Waals surface area contributed by atoms with Crippen molar-refractivity contribution in [3.63, 3.8) is 0 Å². The summed E-state index contributed by atoms with van der Waals surface area (Å²) in [6, 6.07) is 5.11. The Morgan fingerprint density at radius 3 is 2.90 bits per heavy atom. The zero-order valence-electron chi connectivity index (χ0n) is 15.9. The molecule has 1 N–H and O–H groups in total. The molecule has 0 aliphatic carbocycles. The summed E-state index contributed by atoms with van der Waals surface area (Å²) in [4.78, 5) is 10.8. The van der Waals surface area contributed by atoms with E-state index in [9.17, 15) is 8.78 Å². The lowest BCUT2D eigenvalue weighted by Gasteiger charge is -2.31. The van der Waals surface area contributed by atoms with Gasteiger partial charge in [-0.25, -0.2) is 13.8 Å². The normalized spacial score (nSPS) is 16.7. The van der Waals surface area contributed by atoms with Gasteiger partial charge in [-0.2, -0.15) is 4.98 Å². The first kappa shape index (κ1) is 19.1. The molecule has 0 bridgehead atoms. The number of rotatable bonds is 5. The third kappa shape index (κ3) is 4.11. The largest absolute Gasteiger partial charge is 0.494 e. The maximum absolute atomic E-state index is 14.2. The van der Waals surface area contributed by atoms with Gasteiger partial charge < -0.3 is 24.2 Å². The van der Waals surface area contributed by atoms with Crippen LogP contribution in [0, 0.1) is 11.6 Å². The first-order chi connectivity index (χ1) is 14.0. The van der Waals surface area contributed by atoms with Crippen molar-refractivity contribution in [3.05, 3.63) is 42.1 Å². The quantitative estimate of drug-likeness (QED) is 0.694. The van der Waals surface area contributed by atoms with E-state index in [0.717, 1.165) is 12.1 Å². The van der Waals surface area contributed by atoms with Crippen LogP contribution >= 0.6 is 0 Å². The average molecular weight is 403 g/mol. The number of aromatic nitrogens is 3. The van der Waals surface area contributed by atoms with Gasteiger partial charge in [0.1, 0.15) is 17.3 Å². The fourth-order valence-electron chi connectivity index (χ4n) is 3.04. The topological polar surface area (TPSA) is 85.5 Å². The third-order valence-corrected chi connectivity index (χ3v) is 4.45. The first-order valence-electron chi connectivity index (χ1n) is 9.00. The van der Waals surface area contributed by atoms with E-state index in [0.29, 0.717) is 31.5 Å². The van der Waals surface area contributed by atoms with Gasteiger partial charge in [0.25, 0.3) is 0 Å². The van der Waals surface area contributed by atoms with Crippen LogP contribution in [0.15, 0.2) is 35.0 Å². The van der Waals surface area contributed by atoms with Crippen LogP contribution in [0.25, 0.3) is 11.3 Å². The molecule has 1 saturated heterocycles. The van der Waals surface area contributed by atoms with Crippen LogP contribution in [0.5, 0.6) is 5.75 Å². The molecule has 3 heterocycles. The molecular formula is C19H19F2N5O3. The standard InChI is InChI=1S/C19H19F2N5O3/c1-11-10-26(5-6-28-11)19-22-4-3-17(24-19)23-18-9-15(25-29-18)12-7-14(21)16(27-2)8-13(12)20/h3-4,7-9,11H,5-6,10H2,1-2H3,(H,22,23,24)/t11-/m0/s1. The van der Waals surface area contributed by atoms with Crippen LogP contribution in [-0.4, -0.2) is 48.0 Å². The number of nitrogens with zero attached hydrogens (tertiary/aromatic N) is 4. The fraction of sp³-hybridized carbons (Fsp3) is 0.316. The van der Waals surface area contributed by atoms with Crippen LogP contribution in [-0.2, 0) is 4.74 Å². The van der Waals surface area contributed by atoms with Gasteiger partial charge in [0.05, 0.1) is 19.8 Å². The Kier molecular flexibility index (Phi) is 5.26. The molecule has 0 amide bonds. The molecule has 10 heteroatoms. The molecule has 3 aromatic rings. The van der Waals surface area contributed by atoms with E-state index in [2.05, 4.69) is 20.4 Å². The molecule has 1 aliphatic heterocycles. The number of hydrogen-bond acceptors (Lipinski definition) is 8. The van der Waals surface area contributed by atoms with E-state index in [1.165, 1.54) is 13.2 Å². The van der Waals surface area contributed by atoms with Gasteiger partial charge in [-0.1, -0.05) is 5.16 Å². The SMILES string of the molecule is COc1cc(F)c(-c2cc(Nc3ccnc(N4CCO[C@@H](C)C4)n3)on2)cc1F. The van der Waals surface area contributed by atoms with Gasteiger partial charge in [-0.3, -0.25) is 0 Å². The lowest BCUT2D eigenvalue weighted by Crippen LogP contribution is -2.42. The minimum absolute atomic E-state index is 0.0363. The first-order valence-corrected chi connectivity index (χ1v) is 9.00. The summed E-state index contributed by atoms with van der Waals surface area (Å²) in [5.74, 6) is -0.267. The van der Waals surface area contributed by atoms with Crippen LogP contribution < -0.4 is 15.0 Å². The van der Waals surface area contributed by atoms with Crippen molar-refractivity contribution in [3.8, 4) is 17.0 Å². The maximum Gasteiger partial charge on any atom is 0.230 e. The molecule has 0 saturated carbocycles. The van der Waals surface area contributed by atoms with Crippen molar-refractivity contribution >= 4 is 17.7 Å². The lowest BCUT2D eigenvalue weighted by atomic mass is 10.1. The van der Waals surface area contributed by atoms with E-state index in [4.69, 9.17) is 14.0 Å². The molecule has 0 unspecified atom stereocenters. The summed E-state index contributed by atoms with van der Waals surface area (Å²) in [5, 5.41) is 6.77. The van der Waals surface area contributed by atoms with Gasteiger partial charge >= 0.3 is 0 Å². The second-order valence-corrected chi connectivity index (χ2v) is 6.54. The molecular weight excluding hydrogens is 384 g/mol. The molecule has 1 aromatic carbocycles. The van der Waals surface area contributed by atoms with Crippen molar-refractivity contribution < 1.29 is 22.8 Å². The number of ether oxygens (including phenoxy) is 2. The van der Waals surface area contributed by atoms with Crippen LogP contribution in [0.2, 0.25) is 0 Å². The Morgan fingerprint density at radius 1 is 1.24 bits per heavy atom. The summed E-state index contributed by atoms with van der Waals surface area (Å²) >= 11 is 0. The zero-order chi connectivity index (χ0) is 20.4. The molecule has 8 nitrogen and oxygen atoms in total. The van der Waals surface area contributed by atoms with Gasteiger partial charge in [-0.15, -0.1) is 0 Å². The minimum atomic E-state index is -0.693. The molecule has 2 aromatic heterocycles. The van der Waals surface area contributed by atoms with Gasteiger partial charge in [0.15, 0.2) is 11.6 Å². The summed E-state index contributed by atoms with van der Waals surface area (Å²) < 4.78 is 43.7. The predicted octanol–water partition coefficient (Wildman–Crippen LogP) is 3.39. The highest BCUT2D eigenvalue weighted by molar-refractivity contribution is 5.65. The monoisotopic (exact) mass is 403 g/mol. The molecule has 152 valence electrons. The number of morpholine rings is 1. The van der Waals surface area contributed by atoms with E-state index in [-0.39, 0.29) is 29.0 Å². The second kappa shape index (κ2) is 8.00. The fourth-order valence-corrected chi connectivity index (χ4v) is 3.04. The van der Waals surface area contributed by atoms with Crippen molar-refractivity contribution in [2.75, 3.05) is 37.0 Å². The average Bonchev–Trinajstić information content (AvgIpc) is 3.17. The lowest BCUT2D eigenvalue weighted by molar-refractivity contribution is 0.0526. The van der Waals surface area contributed by atoms with Gasteiger partial charge in [-0.05, 0) is 19.1 Å². The summed E-state index contributed by atoms with van der Waals surface area (Å²) in [6.45, 7) is 3.99. The Labute approximate surface area is 165 Å². The predicted molar refractivity (Wildman–Crippen MR) is 101 cm³/mol. The molecule has 1 atom stereocenters. The molecule has 0 spiro atoms. The number of methoxy groups -OCH3 is 1. The highest BCUT2D eigenvalue weighted by atomic mass is 19.1. The number of hydrogen-bond donors (Lipinski definition) is 1. The summed E-state index contributed by atoms with van der Waals surface area (Å²) in [7, 11) is 1.27. The molecule has 0 radical (unpaired) electrons. The minimum Gasteiger partial charge on any atom is -0.494 e. The maximum atomic E-state index is 14.2. The summed E-state index contributed by atoms with van der Waals surface area (Å²) in [5.41, 5.74) is 0.105.